The number of rotatable bonds is 4. The Balaban J connectivity index is 2.22. The van der Waals surface area contributed by atoms with Gasteiger partial charge in [-0.25, -0.2) is 4.79 Å². The first kappa shape index (κ1) is 13.6. The fraction of sp³-hybridized carbons (Fsp3) is 0.133. The lowest BCUT2D eigenvalue weighted by Gasteiger charge is -2.11. The Morgan fingerprint density at radius 1 is 1.40 bits per heavy atom. The minimum absolute atomic E-state index is 0.0674. The molecule has 1 aromatic carbocycles. The van der Waals surface area contributed by atoms with E-state index in [-0.39, 0.29) is 6.42 Å². The van der Waals surface area contributed by atoms with E-state index in [0.717, 1.165) is 10.9 Å². The van der Waals surface area contributed by atoms with E-state index in [9.17, 15) is 9.59 Å². The van der Waals surface area contributed by atoms with E-state index in [0.29, 0.717) is 5.56 Å². The van der Waals surface area contributed by atoms with Gasteiger partial charge in [0.2, 0.25) is 0 Å². The molecule has 2 aromatic rings. The van der Waals surface area contributed by atoms with Gasteiger partial charge in [-0.1, -0.05) is 18.2 Å². The summed E-state index contributed by atoms with van der Waals surface area (Å²) in [6, 6.07) is 7.91. The molecule has 2 rings (SSSR count). The van der Waals surface area contributed by atoms with Crippen LogP contribution in [0.4, 0.5) is 0 Å². The van der Waals surface area contributed by atoms with Crippen molar-refractivity contribution < 1.29 is 14.7 Å². The molecule has 0 bridgehead atoms. The number of hydrogen-bond acceptors (Lipinski definition) is 3. The molecule has 5 heteroatoms. The van der Waals surface area contributed by atoms with E-state index >= 15 is 0 Å². The molecule has 0 unspecified atom stereocenters. The predicted octanol–water partition coefficient (Wildman–Crippen LogP) is 1.44. The number of terminal acetylenes is 1. The highest BCUT2D eigenvalue weighted by atomic mass is 16.4. The molecule has 0 saturated carbocycles. The first-order valence-corrected chi connectivity index (χ1v) is 5.93. The number of nitrogens with zero attached hydrogens (tertiary/aromatic N) is 1. The Labute approximate surface area is 115 Å². The summed E-state index contributed by atoms with van der Waals surface area (Å²) in [5.74, 6) is 0.554. The molecule has 1 heterocycles. The number of aliphatic carboxylic acids is 1. The number of carboxylic acid groups (broad SMARTS) is 1. The predicted molar refractivity (Wildman–Crippen MR) is 74.1 cm³/mol. The molecule has 1 aromatic heterocycles. The van der Waals surface area contributed by atoms with Crippen LogP contribution >= 0.6 is 0 Å². The number of fused-ring (bicyclic) bond motifs is 1. The van der Waals surface area contributed by atoms with Gasteiger partial charge in [0.25, 0.3) is 5.91 Å². The average molecular weight is 268 g/mol. The van der Waals surface area contributed by atoms with Crippen molar-refractivity contribution in [1.29, 1.82) is 0 Å². The van der Waals surface area contributed by atoms with Crippen LogP contribution < -0.4 is 5.32 Å². The monoisotopic (exact) mass is 268 g/mol. The van der Waals surface area contributed by atoms with Crippen molar-refractivity contribution in [3.8, 4) is 12.3 Å². The average Bonchev–Trinajstić information content (AvgIpc) is 2.46. The van der Waals surface area contributed by atoms with Gasteiger partial charge in [0, 0.05) is 18.0 Å². The summed E-state index contributed by atoms with van der Waals surface area (Å²) in [5.41, 5.74) is 1.06. The molecule has 1 amide bonds. The Morgan fingerprint density at radius 3 is 2.85 bits per heavy atom. The fourth-order valence-electron chi connectivity index (χ4n) is 1.75. The Kier molecular flexibility index (Phi) is 3.96. The van der Waals surface area contributed by atoms with Crippen molar-refractivity contribution in [2.45, 2.75) is 12.5 Å². The number of benzene rings is 1. The van der Waals surface area contributed by atoms with Gasteiger partial charge in [0.1, 0.15) is 6.04 Å². The van der Waals surface area contributed by atoms with Crippen LogP contribution in [-0.2, 0) is 4.79 Å². The Hall–Kier alpha value is -2.87. The SMILES string of the molecule is C#CC[C@H](NC(=O)c1cnc2ccccc2c1)C(=O)O. The summed E-state index contributed by atoms with van der Waals surface area (Å²) in [6.07, 6.45) is 6.42. The lowest BCUT2D eigenvalue weighted by molar-refractivity contribution is -0.139. The second-order valence-electron chi connectivity index (χ2n) is 4.19. The zero-order valence-electron chi connectivity index (χ0n) is 10.5. The van der Waals surface area contributed by atoms with Crippen molar-refractivity contribution in [1.82, 2.24) is 10.3 Å². The van der Waals surface area contributed by atoms with E-state index in [1.807, 2.05) is 24.3 Å². The summed E-state index contributed by atoms with van der Waals surface area (Å²) in [7, 11) is 0. The first-order valence-electron chi connectivity index (χ1n) is 5.93. The molecule has 100 valence electrons. The molecular weight excluding hydrogens is 256 g/mol. The zero-order valence-corrected chi connectivity index (χ0v) is 10.5. The second kappa shape index (κ2) is 5.85. The minimum atomic E-state index is -1.16. The van der Waals surface area contributed by atoms with Gasteiger partial charge in [0.15, 0.2) is 0 Å². The topological polar surface area (TPSA) is 79.3 Å². The number of carbonyl (C=O) groups is 2. The first-order chi connectivity index (χ1) is 9.61. The lowest BCUT2D eigenvalue weighted by atomic mass is 10.1. The van der Waals surface area contributed by atoms with Gasteiger partial charge in [-0.3, -0.25) is 9.78 Å². The van der Waals surface area contributed by atoms with Gasteiger partial charge >= 0.3 is 5.97 Å². The van der Waals surface area contributed by atoms with E-state index in [1.165, 1.54) is 6.20 Å². The van der Waals surface area contributed by atoms with Gasteiger partial charge < -0.3 is 10.4 Å². The van der Waals surface area contributed by atoms with E-state index in [4.69, 9.17) is 11.5 Å². The van der Waals surface area contributed by atoms with Crippen molar-refractivity contribution in [3.63, 3.8) is 0 Å². The van der Waals surface area contributed by atoms with Crippen LogP contribution in [0, 0.1) is 12.3 Å². The molecule has 0 fully saturated rings. The normalized spacial score (nSPS) is 11.6. The van der Waals surface area contributed by atoms with Gasteiger partial charge in [0.05, 0.1) is 11.1 Å². The third-order valence-corrected chi connectivity index (χ3v) is 2.78. The third kappa shape index (κ3) is 2.93. The summed E-state index contributed by atoms with van der Waals surface area (Å²) >= 11 is 0. The molecular formula is C15H12N2O3. The number of nitrogens with one attached hydrogen (secondary N) is 1. The fourth-order valence-corrected chi connectivity index (χ4v) is 1.75. The summed E-state index contributed by atoms with van der Waals surface area (Å²) < 4.78 is 0. The summed E-state index contributed by atoms with van der Waals surface area (Å²) in [4.78, 5) is 27.1. The van der Waals surface area contributed by atoms with Gasteiger partial charge in [-0.2, -0.15) is 0 Å². The number of amides is 1. The van der Waals surface area contributed by atoms with Crippen LogP contribution in [-0.4, -0.2) is 28.0 Å². The van der Waals surface area contributed by atoms with Crippen LogP contribution in [0.5, 0.6) is 0 Å². The Morgan fingerprint density at radius 2 is 2.15 bits per heavy atom. The quantitative estimate of drug-likeness (QED) is 0.822. The van der Waals surface area contributed by atoms with E-state index in [2.05, 4.69) is 16.2 Å². The van der Waals surface area contributed by atoms with Crippen molar-refractivity contribution >= 4 is 22.8 Å². The number of pyridine rings is 1. The van der Waals surface area contributed by atoms with Crippen LogP contribution in [0.2, 0.25) is 0 Å². The molecule has 0 aliphatic heterocycles. The van der Waals surface area contributed by atoms with Gasteiger partial charge in [-0.15, -0.1) is 12.3 Å². The highest BCUT2D eigenvalue weighted by Crippen LogP contribution is 2.12. The van der Waals surface area contributed by atoms with Crippen molar-refractivity contribution in [2.24, 2.45) is 0 Å². The number of carbonyl (C=O) groups excluding carboxylic acids is 1. The smallest absolute Gasteiger partial charge is 0.327 e. The van der Waals surface area contributed by atoms with Crippen LogP contribution in [0.25, 0.3) is 10.9 Å². The molecule has 20 heavy (non-hydrogen) atoms. The Bertz CT molecular complexity index is 704. The molecule has 0 saturated heterocycles. The number of para-hydroxylation sites is 1. The van der Waals surface area contributed by atoms with Crippen molar-refractivity contribution in [2.75, 3.05) is 0 Å². The minimum Gasteiger partial charge on any atom is -0.480 e. The number of aromatic nitrogens is 1. The zero-order chi connectivity index (χ0) is 14.5. The molecule has 5 nitrogen and oxygen atoms in total. The molecule has 2 N–H and O–H groups in total. The number of carboxylic acids is 1. The van der Waals surface area contributed by atoms with Crippen LogP contribution in [0.3, 0.4) is 0 Å². The molecule has 0 radical (unpaired) electrons. The maximum absolute atomic E-state index is 12.0. The molecule has 1 atom stereocenters. The van der Waals surface area contributed by atoms with Crippen molar-refractivity contribution in [3.05, 3.63) is 42.1 Å². The standard InChI is InChI=1S/C15H12N2O3/c1-2-5-13(15(19)20)17-14(18)11-8-10-6-3-4-7-12(10)16-9-11/h1,3-4,6-9,13H,5H2,(H,17,18)(H,19,20)/t13-/m0/s1. The largest absolute Gasteiger partial charge is 0.480 e. The highest BCUT2D eigenvalue weighted by molar-refractivity contribution is 5.99. The maximum atomic E-state index is 12.0. The second-order valence-corrected chi connectivity index (χ2v) is 4.19. The summed E-state index contributed by atoms with van der Waals surface area (Å²) in [5, 5.41) is 12.1. The maximum Gasteiger partial charge on any atom is 0.327 e. The van der Waals surface area contributed by atoms with E-state index in [1.54, 1.807) is 6.07 Å². The van der Waals surface area contributed by atoms with E-state index < -0.39 is 17.9 Å². The van der Waals surface area contributed by atoms with Crippen LogP contribution in [0.15, 0.2) is 36.5 Å². The molecule has 0 spiro atoms. The summed E-state index contributed by atoms with van der Waals surface area (Å²) in [6.45, 7) is 0. The van der Waals surface area contributed by atoms with Gasteiger partial charge in [-0.05, 0) is 12.1 Å². The third-order valence-electron chi connectivity index (χ3n) is 2.78. The lowest BCUT2D eigenvalue weighted by Crippen LogP contribution is -2.40. The number of hydrogen-bond donors (Lipinski definition) is 2. The highest BCUT2D eigenvalue weighted by Gasteiger charge is 2.19. The molecule has 0 aliphatic rings. The van der Waals surface area contributed by atoms with Crippen LogP contribution in [0.1, 0.15) is 16.8 Å². The molecule has 0 aliphatic carbocycles.